The lowest BCUT2D eigenvalue weighted by atomic mass is 9.90. The molecule has 0 saturated carbocycles. The SMILES string of the molecule is C[C@H](NC(=O)C(c1ccccc1)c1ccccc1)c1ccc(S(N)(=O)=O)cc1. The third-order valence-electron chi connectivity index (χ3n) is 4.60. The summed E-state index contributed by atoms with van der Waals surface area (Å²) in [6.45, 7) is 1.86. The van der Waals surface area contributed by atoms with Crippen molar-refractivity contribution in [3.63, 3.8) is 0 Å². The number of sulfonamides is 1. The standard InChI is InChI=1S/C22H22N2O3S/c1-16(17-12-14-20(15-13-17)28(23,26)27)24-22(25)21(18-8-4-2-5-9-18)19-10-6-3-7-11-19/h2-16,21H,1H3,(H,24,25)(H2,23,26,27)/t16-/m0/s1. The molecule has 6 heteroatoms. The highest BCUT2D eigenvalue weighted by Gasteiger charge is 2.24. The van der Waals surface area contributed by atoms with Crippen molar-refractivity contribution in [2.45, 2.75) is 23.8 Å². The molecular formula is C22H22N2O3S. The Morgan fingerprint density at radius 1 is 0.786 bits per heavy atom. The molecule has 0 aromatic heterocycles. The third kappa shape index (κ3) is 4.65. The lowest BCUT2D eigenvalue weighted by Gasteiger charge is -2.21. The van der Waals surface area contributed by atoms with Crippen molar-refractivity contribution in [1.29, 1.82) is 0 Å². The second-order valence-corrected chi connectivity index (χ2v) is 8.16. The second kappa shape index (κ2) is 8.37. The Morgan fingerprint density at radius 2 is 1.25 bits per heavy atom. The van der Waals surface area contributed by atoms with Crippen LogP contribution in [0, 0.1) is 0 Å². The molecule has 0 aliphatic carbocycles. The van der Waals surface area contributed by atoms with Gasteiger partial charge in [-0.2, -0.15) is 0 Å². The first-order chi connectivity index (χ1) is 13.4. The lowest BCUT2D eigenvalue weighted by Crippen LogP contribution is -2.32. The largest absolute Gasteiger partial charge is 0.349 e. The molecule has 3 N–H and O–H groups in total. The number of nitrogens with one attached hydrogen (secondary N) is 1. The van der Waals surface area contributed by atoms with E-state index in [9.17, 15) is 13.2 Å². The maximum absolute atomic E-state index is 13.1. The van der Waals surface area contributed by atoms with Crippen LogP contribution >= 0.6 is 0 Å². The van der Waals surface area contributed by atoms with E-state index in [2.05, 4.69) is 5.32 Å². The predicted octanol–water partition coefficient (Wildman–Crippen LogP) is 3.34. The number of benzene rings is 3. The molecule has 1 atom stereocenters. The molecule has 0 saturated heterocycles. The first kappa shape index (κ1) is 19.8. The molecule has 0 unspecified atom stereocenters. The number of carbonyl (C=O) groups excluding carboxylic acids is 1. The van der Waals surface area contributed by atoms with E-state index in [-0.39, 0.29) is 16.8 Å². The van der Waals surface area contributed by atoms with Crippen molar-refractivity contribution < 1.29 is 13.2 Å². The summed E-state index contributed by atoms with van der Waals surface area (Å²) in [5.74, 6) is -0.561. The van der Waals surface area contributed by atoms with Crippen LogP contribution in [0.2, 0.25) is 0 Å². The number of amides is 1. The van der Waals surface area contributed by atoms with Crippen molar-refractivity contribution in [3.8, 4) is 0 Å². The van der Waals surface area contributed by atoms with E-state index in [1.54, 1.807) is 12.1 Å². The monoisotopic (exact) mass is 394 g/mol. The summed E-state index contributed by atoms with van der Waals surface area (Å²) < 4.78 is 22.8. The molecule has 0 aliphatic heterocycles. The van der Waals surface area contributed by atoms with Crippen LogP contribution < -0.4 is 10.5 Å². The molecule has 3 aromatic carbocycles. The zero-order chi connectivity index (χ0) is 20.1. The summed E-state index contributed by atoms with van der Waals surface area (Å²) in [7, 11) is -3.74. The number of rotatable bonds is 6. The maximum Gasteiger partial charge on any atom is 0.238 e. The fourth-order valence-corrected chi connectivity index (χ4v) is 3.63. The topological polar surface area (TPSA) is 89.3 Å². The Labute approximate surface area is 165 Å². The van der Waals surface area contributed by atoms with Crippen LogP contribution in [0.25, 0.3) is 0 Å². The number of carbonyl (C=O) groups is 1. The quantitative estimate of drug-likeness (QED) is 0.672. The van der Waals surface area contributed by atoms with Gasteiger partial charge in [0.1, 0.15) is 0 Å². The zero-order valence-corrected chi connectivity index (χ0v) is 16.3. The van der Waals surface area contributed by atoms with Crippen molar-refractivity contribution in [3.05, 3.63) is 102 Å². The van der Waals surface area contributed by atoms with Gasteiger partial charge >= 0.3 is 0 Å². The number of primary sulfonamides is 1. The summed E-state index contributed by atoms with van der Waals surface area (Å²) in [6, 6.07) is 25.1. The highest BCUT2D eigenvalue weighted by atomic mass is 32.2. The Kier molecular flexibility index (Phi) is 5.92. The molecule has 0 fully saturated rings. The molecule has 1 amide bonds. The van der Waals surface area contributed by atoms with E-state index in [1.165, 1.54) is 12.1 Å². The second-order valence-electron chi connectivity index (χ2n) is 6.60. The molecule has 5 nitrogen and oxygen atoms in total. The molecule has 28 heavy (non-hydrogen) atoms. The molecule has 0 heterocycles. The highest BCUT2D eigenvalue weighted by molar-refractivity contribution is 7.89. The molecule has 0 aliphatic rings. The van der Waals surface area contributed by atoms with Gasteiger partial charge in [-0.1, -0.05) is 72.8 Å². The van der Waals surface area contributed by atoms with E-state index in [0.717, 1.165) is 16.7 Å². The summed E-state index contributed by atoms with van der Waals surface area (Å²) in [6.07, 6.45) is 0. The normalized spacial score (nSPS) is 12.5. The minimum Gasteiger partial charge on any atom is -0.349 e. The lowest BCUT2D eigenvalue weighted by molar-refractivity contribution is -0.122. The Morgan fingerprint density at radius 3 is 1.68 bits per heavy atom. The fourth-order valence-electron chi connectivity index (χ4n) is 3.11. The first-order valence-corrected chi connectivity index (χ1v) is 10.4. The predicted molar refractivity (Wildman–Crippen MR) is 109 cm³/mol. The number of hydrogen-bond donors (Lipinski definition) is 2. The average Bonchev–Trinajstić information content (AvgIpc) is 2.69. The molecule has 0 spiro atoms. The Hall–Kier alpha value is -2.96. The van der Waals surface area contributed by atoms with E-state index < -0.39 is 15.9 Å². The van der Waals surface area contributed by atoms with Crippen molar-refractivity contribution in [2.24, 2.45) is 5.14 Å². The zero-order valence-electron chi connectivity index (χ0n) is 15.4. The van der Waals surface area contributed by atoms with Gasteiger partial charge in [-0.15, -0.1) is 0 Å². The van der Waals surface area contributed by atoms with E-state index >= 15 is 0 Å². The van der Waals surface area contributed by atoms with Gasteiger partial charge in [0.05, 0.1) is 16.9 Å². The summed E-state index contributed by atoms with van der Waals surface area (Å²) >= 11 is 0. The van der Waals surface area contributed by atoms with Crippen LogP contribution in [-0.4, -0.2) is 14.3 Å². The van der Waals surface area contributed by atoms with Gasteiger partial charge < -0.3 is 5.32 Å². The molecule has 144 valence electrons. The van der Waals surface area contributed by atoms with Crippen molar-refractivity contribution in [2.75, 3.05) is 0 Å². The van der Waals surface area contributed by atoms with Gasteiger partial charge in [0.2, 0.25) is 15.9 Å². The van der Waals surface area contributed by atoms with Crippen LogP contribution in [-0.2, 0) is 14.8 Å². The molecule has 3 rings (SSSR count). The van der Waals surface area contributed by atoms with E-state index in [1.807, 2.05) is 67.6 Å². The third-order valence-corrected chi connectivity index (χ3v) is 5.52. The molecular weight excluding hydrogens is 372 g/mol. The number of hydrogen-bond acceptors (Lipinski definition) is 3. The summed E-state index contributed by atoms with van der Waals surface area (Å²) in [4.78, 5) is 13.2. The van der Waals surface area contributed by atoms with Gasteiger partial charge in [0.25, 0.3) is 0 Å². The molecule has 0 bridgehead atoms. The van der Waals surface area contributed by atoms with Crippen LogP contribution in [0.1, 0.15) is 35.6 Å². The smallest absolute Gasteiger partial charge is 0.238 e. The van der Waals surface area contributed by atoms with Crippen LogP contribution in [0.5, 0.6) is 0 Å². The number of nitrogens with two attached hydrogens (primary N) is 1. The maximum atomic E-state index is 13.1. The van der Waals surface area contributed by atoms with Gasteiger partial charge in [-0.3, -0.25) is 4.79 Å². The average molecular weight is 394 g/mol. The summed E-state index contributed by atoms with van der Waals surface area (Å²) in [5.41, 5.74) is 2.60. The van der Waals surface area contributed by atoms with Crippen LogP contribution in [0.15, 0.2) is 89.8 Å². The van der Waals surface area contributed by atoms with E-state index in [4.69, 9.17) is 5.14 Å². The Bertz CT molecular complexity index is 995. The van der Waals surface area contributed by atoms with Crippen molar-refractivity contribution in [1.82, 2.24) is 5.32 Å². The van der Waals surface area contributed by atoms with Gasteiger partial charge in [-0.05, 0) is 35.7 Å². The summed E-state index contributed by atoms with van der Waals surface area (Å²) in [5, 5.41) is 8.17. The van der Waals surface area contributed by atoms with Crippen LogP contribution in [0.4, 0.5) is 0 Å². The first-order valence-electron chi connectivity index (χ1n) is 8.89. The fraction of sp³-hybridized carbons (Fsp3) is 0.136. The molecule has 3 aromatic rings. The Balaban J connectivity index is 1.84. The molecule has 0 radical (unpaired) electrons. The van der Waals surface area contributed by atoms with Gasteiger partial charge in [0.15, 0.2) is 0 Å². The van der Waals surface area contributed by atoms with Gasteiger partial charge in [0, 0.05) is 0 Å². The minimum absolute atomic E-state index is 0.0428. The van der Waals surface area contributed by atoms with Gasteiger partial charge in [-0.25, -0.2) is 13.6 Å². The van der Waals surface area contributed by atoms with Crippen molar-refractivity contribution >= 4 is 15.9 Å². The minimum atomic E-state index is -3.74. The highest BCUT2D eigenvalue weighted by Crippen LogP contribution is 2.26. The van der Waals surface area contributed by atoms with Crippen LogP contribution in [0.3, 0.4) is 0 Å². The van der Waals surface area contributed by atoms with E-state index in [0.29, 0.717) is 0 Å².